The Morgan fingerprint density at radius 3 is 2.84 bits per heavy atom. The molecular formula is C14H11BrClNO2. The Kier molecular flexibility index (Phi) is 4.56. The molecule has 98 valence electrons. The maximum absolute atomic E-state index is 12.1. The monoisotopic (exact) mass is 339 g/mol. The predicted octanol–water partition coefficient (Wildman–Crippen LogP) is 3.93. The van der Waals surface area contributed by atoms with E-state index in [2.05, 4.69) is 20.9 Å². The highest BCUT2D eigenvalue weighted by Crippen LogP contribution is 2.26. The van der Waals surface area contributed by atoms with E-state index < -0.39 is 0 Å². The molecule has 0 unspecified atom stereocenters. The van der Waals surface area contributed by atoms with Crippen molar-refractivity contribution in [2.45, 2.75) is 6.42 Å². The zero-order chi connectivity index (χ0) is 13.8. The van der Waals surface area contributed by atoms with E-state index in [9.17, 15) is 4.79 Å². The van der Waals surface area contributed by atoms with Gasteiger partial charge in [-0.25, -0.2) is 0 Å². The summed E-state index contributed by atoms with van der Waals surface area (Å²) in [5.41, 5.74) is 1.18. The van der Waals surface area contributed by atoms with Crippen LogP contribution in [-0.4, -0.2) is 17.9 Å². The molecule has 0 radical (unpaired) electrons. The minimum absolute atomic E-state index is 0.109. The summed E-state index contributed by atoms with van der Waals surface area (Å²) in [4.78, 5) is 16.1. The second kappa shape index (κ2) is 6.17. The van der Waals surface area contributed by atoms with Crippen LogP contribution in [-0.2, 0) is 6.42 Å². The van der Waals surface area contributed by atoms with Gasteiger partial charge in [0.2, 0.25) is 0 Å². The number of methoxy groups -OCH3 is 1. The molecular weight excluding hydrogens is 330 g/mol. The Balaban J connectivity index is 2.20. The summed E-state index contributed by atoms with van der Waals surface area (Å²) in [6.45, 7) is 0. The number of hydrogen-bond acceptors (Lipinski definition) is 3. The van der Waals surface area contributed by atoms with Crippen molar-refractivity contribution < 1.29 is 9.53 Å². The molecule has 1 aromatic carbocycles. The summed E-state index contributed by atoms with van der Waals surface area (Å²) < 4.78 is 5.96. The zero-order valence-corrected chi connectivity index (χ0v) is 12.5. The van der Waals surface area contributed by atoms with Crippen molar-refractivity contribution in [1.29, 1.82) is 0 Å². The third-order valence-electron chi connectivity index (χ3n) is 2.60. The lowest BCUT2D eigenvalue weighted by Crippen LogP contribution is -2.06. The summed E-state index contributed by atoms with van der Waals surface area (Å²) in [6.07, 6.45) is 1.81. The van der Waals surface area contributed by atoms with Gasteiger partial charge in [0.1, 0.15) is 11.4 Å². The molecule has 3 nitrogen and oxygen atoms in total. The summed E-state index contributed by atoms with van der Waals surface area (Å²) in [6, 6.07) is 8.87. The summed E-state index contributed by atoms with van der Waals surface area (Å²) in [5, 5.41) is 0.375. The lowest BCUT2D eigenvalue weighted by molar-refractivity contribution is 0.0988. The summed E-state index contributed by atoms with van der Waals surface area (Å²) in [5.74, 6) is 0.620. The van der Waals surface area contributed by atoms with E-state index in [1.807, 2.05) is 18.2 Å². The van der Waals surface area contributed by atoms with Gasteiger partial charge in [-0.2, -0.15) is 0 Å². The Bertz CT molecular complexity index is 616. The first-order valence-electron chi connectivity index (χ1n) is 5.58. The SMILES string of the molecule is COc1ccc(CC(=O)c2ncccc2Cl)cc1Br. The molecule has 0 aliphatic rings. The highest BCUT2D eigenvalue weighted by molar-refractivity contribution is 9.10. The van der Waals surface area contributed by atoms with E-state index in [0.29, 0.717) is 10.7 Å². The number of Topliss-reactive ketones (excluding diaryl/α,β-unsaturated/α-hetero) is 1. The number of benzene rings is 1. The van der Waals surface area contributed by atoms with Crippen LogP contribution >= 0.6 is 27.5 Å². The number of halogens is 2. The van der Waals surface area contributed by atoms with E-state index in [-0.39, 0.29) is 12.2 Å². The maximum atomic E-state index is 12.1. The number of pyridine rings is 1. The van der Waals surface area contributed by atoms with E-state index in [1.165, 1.54) is 0 Å². The minimum atomic E-state index is -0.109. The molecule has 5 heteroatoms. The van der Waals surface area contributed by atoms with Crippen LogP contribution in [0.5, 0.6) is 5.75 Å². The largest absolute Gasteiger partial charge is 0.496 e. The fraction of sp³-hybridized carbons (Fsp3) is 0.143. The van der Waals surface area contributed by atoms with Gasteiger partial charge in [-0.05, 0) is 45.8 Å². The first-order valence-corrected chi connectivity index (χ1v) is 6.75. The van der Waals surface area contributed by atoms with Crippen LogP contribution in [0.15, 0.2) is 41.0 Å². The molecule has 0 aliphatic heterocycles. The zero-order valence-electron chi connectivity index (χ0n) is 10.2. The van der Waals surface area contributed by atoms with Crippen LogP contribution < -0.4 is 4.74 Å². The fourth-order valence-corrected chi connectivity index (χ4v) is 2.49. The molecule has 0 spiro atoms. The Hall–Kier alpha value is -1.39. The van der Waals surface area contributed by atoms with Crippen LogP contribution in [0.1, 0.15) is 16.1 Å². The number of ether oxygens (including phenoxy) is 1. The first kappa shape index (κ1) is 14.0. The predicted molar refractivity (Wildman–Crippen MR) is 78.0 cm³/mol. The Morgan fingerprint density at radius 1 is 1.42 bits per heavy atom. The van der Waals surface area contributed by atoms with E-state index in [0.717, 1.165) is 15.8 Å². The van der Waals surface area contributed by atoms with E-state index in [1.54, 1.807) is 25.4 Å². The van der Waals surface area contributed by atoms with Crippen molar-refractivity contribution in [2.24, 2.45) is 0 Å². The summed E-state index contributed by atoms with van der Waals surface area (Å²) >= 11 is 9.34. The molecule has 0 amide bonds. The normalized spacial score (nSPS) is 10.3. The van der Waals surface area contributed by atoms with Gasteiger partial charge >= 0.3 is 0 Å². The van der Waals surface area contributed by atoms with Crippen molar-refractivity contribution in [1.82, 2.24) is 4.98 Å². The molecule has 1 heterocycles. The quantitative estimate of drug-likeness (QED) is 0.792. The van der Waals surface area contributed by atoms with Gasteiger partial charge in [-0.15, -0.1) is 0 Å². The molecule has 0 aliphatic carbocycles. The molecule has 1 aromatic heterocycles. The van der Waals surface area contributed by atoms with Crippen molar-refractivity contribution >= 4 is 33.3 Å². The number of aromatic nitrogens is 1. The van der Waals surface area contributed by atoms with Gasteiger partial charge in [-0.1, -0.05) is 17.7 Å². The molecule has 0 fully saturated rings. The standard InChI is InChI=1S/C14H11BrClNO2/c1-19-13-5-4-9(7-10(13)15)8-12(18)14-11(16)3-2-6-17-14/h2-7H,8H2,1H3. The lowest BCUT2D eigenvalue weighted by Gasteiger charge is -2.06. The molecule has 0 atom stereocenters. The second-order valence-corrected chi connectivity index (χ2v) is 5.16. The average molecular weight is 341 g/mol. The molecule has 0 bridgehead atoms. The van der Waals surface area contributed by atoms with Gasteiger partial charge < -0.3 is 4.74 Å². The number of carbonyl (C=O) groups is 1. The van der Waals surface area contributed by atoms with Crippen LogP contribution in [0.3, 0.4) is 0 Å². The number of carbonyl (C=O) groups excluding carboxylic acids is 1. The summed E-state index contributed by atoms with van der Waals surface area (Å²) in [7, 11) is 1.60. The number of ketones is 1. The number of rotatable bonds is 4. The fourth-order valence-electron chi connectivity index (χ4n) is 1.68. The molecule has 0 saturated carbocycles. The first-order chi connectivity index (χ1) is 9.11. The highest BCUT2D eigenvalue weighted by Gasteiger charge is 2.13. The van der Waals surface area contributed by atoms with Crippen LogP contribution in [0.25, 0.3) is 0 Å². The van der Waals surface area contributed by atoms with Crippen molar-refractivity contribution in [3.8, 4) is 5.75 Å². The Labute approximate surface area is 124 Å². The van der Waals surface area contributed by atoms with Gasteiger partial charge in [0.15, 0.2) is 5.78 Å². The van der Waals surface area contributed by atoms with Crippen LogP contribution in [0.2, 0.25) is 5.02 Å². The van der Waals surface area contributed by atoms with E-state index >= 15 is 0 Å². The topological polar surface area (TPSA) is 39.2 Å². The van der Waals surface area contributed by atoms with Crippen molar-refractivity contribution in [3.05, 3.63) is 57.3 Å². The third kappa shape index (κ3) is 3.33. The number of hydrogen-bond donors (Lipinski definition) is 0. The molecule has 19 heavy (non-hydrogen) atoms. The second-order valence-electron chi connectivity index (χ2n) is 3.90. The van der Waals surface area contributed by atoms with E-state index in [4.69, 9.17) is 16.3 Å². The van der Waals surface area contributed by atoms with Crippen molar-refractivity contribution in [2.75, 3.05) is 7.11 Å². The minimum Gasteiger partial charge on any atom is -0.496 e. The average Bonchev–Trinajstić information content (AvgIpc) is 2.39. The van der Waals surface area contributed by atoms with Gasteiger partial charge in [-0.3, -0.25) is 9.78 Å². The molecule has 2 rings (SSSR count). The molecule has 2 aromatic rings. The van der Waals surface area contributed by atoms with Crippen LogP contribution in [0, 0.1) is 0 Å². The van der Waals surface area contributed by atoms with Gasteiger partial charge in [0.25, 0.3) is 0 Å². The third-order valence-corrected chi connectivity index (χ3v) is 3.53. The molecule has 0 saturated heterocycles. The van der Waals surface area contributed by atoms with Crippen LogP contribution in [0.4, 0.5) is 0 Å². The Morgan fingerprint density at radius 2 is 2.21 bits per heavy atom. The molecule has 0 N–H and O–H groups in total. The smallest absolute Gasteiger partial charge is 0.187 e. The lowest BCUT2D eigenvalue weighted by atomic mass is 10.1. The number of nitrogens with zero attached hydrogens (tertiary/aromatic N) is 1. The maximum Gasteiger partial charge on any atom is 0.187 e. The van der Waals surface area contributed by atoms with Gasteiger partial charge in [0, 0.05) is 12.6 Å². The highest BCUT2D eigenvalue weighted by atomic mass is 79.9. The van der Waals surface area contributed by atoms with Crippen molar-refractivity contribution in [3.63, 3.8) is 0 Å². The van der Waals surface area contributed by atoms with Gasteiger partial charge in [0.05, 0.1) is 16.6 Å².